The molecule has 0 saturated heterocycles. The number of anilines is 2. The number of nitrogens with zero attached hydrogens (tertiary/aromatic N) is 1. The molecule has 0 fully saturated rings. The molecule has 5 nitrogen and oxygen atoms in total. The molecule has 0 amide bonds. The van der Waals surface area contributed by atoms with Crippen molar-refractivity contribution in [3.05, 3.63) is 158 Å². The lowest BCUT2D eigenvalue weighted by Gasteiger charge is -2.37. The smallest absolute Gasteiger partial charge is 0.330 e. The van der Waals surface area contributed by atoms with E-state index >= 15 is 0 Å². The van der Waals surface area contributed by atoms with E-state index in [9.17, 15) is 4.57 Å². The molecule has 6 aromatic carbocycles. The highest BCUT2D eigenvalue weighted by Crippen LogP contribution is 2.53. The predicted molar refractivity (Wildman–Crippen MR) is 218 cm³/mol. The van der Waals surface area contributed by atoms with E-state index in [0.717, 1.165) is 33.5 Å². The highest BCUT2D eigenvalue weighted by molar-refractivity contribution is 7.80. The average Bonchev–Trinajstić information content (AvgIpc) is 3.17. The van der Waals surface area contributed by atoms with E-state index in [4.69, 9.17) is 13.8 Å². The third-order valence-corrected chi connectivity index (χ3v) is 15.8. The summed E-state index contributed by atoms with van der Waals surface area (Å²) in [4.78, 5) is 2.36. The first kappa shape index (κ1) is 35.3. The molecule has 0 radical (unpaired) electrons. The van der Waals surface area contributed by atoms with Gasteiger partial charge in [0.1, 0.15) is 0 Å². The maximum atomic E-state index is 13.6. The van der Waals surface area contributed by atoms with Gasteiger partial charge >= 0.3 is 7.60 Å². The van der Waals surface area contributed by atoms with Crippen LogP contribution >= 0.6 is 23.4 Å². The summed E-state index contributed by atoms with van der Waals surface area (Å²) < 4.78 is 32.3. The zero-order valence-electron chi connectivity index (χ0n) is 29.0. The summed E-state index contributed by atoms with van der Waals surface area (Å²) in [6.07, 6.45) is 0.945. The zero-order valence-corrected chi connectivity index (χ0v) is 31.7. The Kier molecular flexibility index (Phi) is 11.4. The summed E-state index contributed by atoms with van der Waals surface area (Å²) in [5.74, 6) is 1.73. The maximum Gasteiger partial charge on any atom is 0.330 e. The molecular formula is C43H42NO4P3. The summed E-state index contributed by atoms with van der Waals surface area (Å²) in [5.41, 5.74) is 2.01. The molecule has 51 heavy (non-hydrogen) atoms. The Morgan fingerprint density at radius 1 is 0.529 bits per heavy atom. The van der Waals surface area contributed by atoms with Crippen LogP contribution in [0.4, 0.5) is 11.4 Å². The van der Waals surface area contributed by atoms with Crippen molar-refractivity contribution in [2.75, 3.05) is 30.8 Å². The van der Waals surface area contributed by atoms with E-state index < -0.39 is 23.4 Å². The fourth-order valence-electron chi connectivity index (χ4n) is 6.63. The Balaban J connectivity index is 1.40. The van der Waals surface area contributed by atoms with Crippen LogP contribution in [0.2, 0.25) is 0 Å². The van der Waals surface area contributed by atoms with Crippen molar-refractivity contribution in [2.24, 2.45) is 0 Å². The molecule has 1 aliphatic rings. The van der Waals surface area contributed by atoms with Crippen LogP contribution in [0.15, 0.2) is 158 Å². The lowest BCUT2D eigenvalue weighted by molar-refractivity contribution is 0.220. The fraction of sp³-hybridized carbons (Fsp3) is 0.163. The number of para-hydroxylation sites is 2. The van der Waals surface area contributed by atoms with Gasteiger partial charge < -0.3 is 18.7 Å². The Hall–Kier alpha value is -4.07. The summed E-state index contributed by atoms with van der Waals surface area (Å²) in [6, 6.07) is 56.1. The van der Waals surface area contributed by atoms with Crippen molar-refractivity contribution in [1.82, 2.24) is 0 Å². The molecule has 0 atom stereocenters. The second-order valence-electron chi connectivity index (χ2n) is 12.0. The second-order valence-corrected chi connectivity index (χ2v) is 18.6. The van der Waals surface area contributed by atoms with Crippen LogP contribution < -0.4 is 41.5 Å². The van der Waals surface area contributed by atoms with Gasteiger partial charge in [0.25, 0.3) is 0 Å². The molecule has 0 unspecified atom stereocenters. The van der Waals surface area contributed by atoms with Crippen molar-refractivity contribution < 1.29 is 18.3 Å². The first-order valence-corrected chi connectivity index (χ1v) is 21.9. The van der Waals surface area contributed by atoms with Gasteiger partial charge in [-0.15, -0.1) is 0 Å². The molecule has 0 N–H and O–H groups in total. The minimum absolute atomic E-state index is 0.331. The average molecular weight is 730 g/mol. The monoisotopic (exact) mass is 729 g/mol. The summed E-state index contributed by atoms with van der Waals surface area (Å²) in [6.45, 7) is 5.03. The molecule has 0 aromatic heterocycles. The molecule has 0 saturated carbocycles. The van der Waals surface area contributed by atoms with Gasteiger partial charge in [0.15, 0.2) is 11.5 Å². The lowest BCUT2D eigenvalue weighted by Crippen LogP contribution is -2.31. The van der Waals surface area contributed by atoms with Crippen molar-refractivity contribution in [1.29, 1.82) is 0 Å². The molecule has 1 aliphatic heterocycles. The van der Waals surface area contributed by atoms with Gasteiger partial charge in [0.05, 0.1) is 30.8 Å². The molecule has 1 heterocycles. The van der Waals surface area contributed by atoms with Crippen LogP contribution in [0.25, 0.3) is 0 Å². The molecular weight excluding hydrogens is 687 g/mol. The molecule has 258 valence electrons. The largest absolute Gasteiger partial charge is 0.452 e. The van der Waals surface area contributed by atoms with Gasteiger partial charge in [-0.1, -0.05) is 133 Å². The third kappa shape index (κ3) is 7.75. The van der Waals surface area contributed by atoms with Gasteiger partial charge in [-0.3, -0.25) is 4.57 Å². The first-order chi connectivity index (χ1) is 25.1. The summed E-state index contributed by atoms with van der Waals surface area (Å²) in [7, 11) is -5.13. The number of fused-ring (bicyclic) bond motifs is 2. The van der Waals surface area contributed by atoms with Crippen LogP contribution in [-0.4, -0.2) is 25.9 Å². The Labute approximate surface area is 304 Å². The highest BCUT2D eigenvalue weighted by Gasteiger charge is 2.34. The second kappa shape index (κ2) is 16.5. The van der Waals surface area contributed by atoms with Crippen LogP contribution in [0, 0.1) is 0 Å². The molecule has 7 rings (SSSR count). The van der Waals surface area contributed by atoms with Crippen molar-refractivity contribution in [3.8, 4) is 11.5 Å². The normalized spacial score (nSPS) is 12.4. The maximum absolute atomic E-state index is 13.6. The van der Waals surface area contributed by atoms with E-state index in [1.165, 1.54) is 21.2 Å². The van der Waals surface area contributed by atoms with E-state index in [1.807, 2.05) is 13.8 Å². The van der Waals surface area contributed by atoms with Gasteiger partial charge in [0, 0.05) is 17.2 Å². The quantitative estimate of drug-likeness (QED) is 0.105. The van der Waals surface area contributed by atoms with Gasteiger partial charge in [-0.2, -0.15) is 0 Å². The van der Waals surface area contributed by atoms with Crippen LogP contribution in [0.3, 0.4) is 0 Å². The van der Waals surface area contributed by atoms with Crippen LogP contribution in [0.5, 0.6) is 11.5 Å². The van der Waals surface area contributed by atoms with Crippen molar-refractivity contribution in [3.63, 3.8) is 0 Å². The van der Waals surface area contributed by atoms with Crippen LogP contribution in [-0.2, 0) is 13.6 Å². The van der Waals surface area contributed by atoms with Crippen LogP contribution in [0.1, 0.15) is 20.3 Å². The molecule has 6 aromatic rings. The van der Waals surface area contributed by atoms with E-state index in [-0.39, 0.29) is 0 Å². The molecule has 0 spiro atoms. The van der Waals surface area contributed by atoms with E-state index in [1.54, 1.807) is 0 Å². The third-order valence-electron chi connectivity index (χ3n) is 8.74. The number of hydrogen-bond donors (Lipinski definition) is 0. The van der Waals surface area contributed by atoms with Gasteiger partial charge in [-0.05, 0) is 81.6 Å². The number of hydrogen-bond acceptors (Lipinski definition) is 5. The minimum Gasteiger partial charge on any atom is -0.452 e. The Morgan fingerprint density at radius 3 is 1.25 bits per heavy atom. The molecule has 8 heteroatoms. The number of ether oxygens (including phenoxy) is 1. The van der Waals surface area contributed by atoms with Crippen molar-refractivity contribution >= 4 is 66.6 Å². The SMILES string of the molecule is CCOP(=O)(CCCN1c2cccc(P(c3ccccc3)c3ccccc3)c2Oc2c1cccc2P(c1ccccc1)c1ccccc1)OCC. The highest BCUT2D eigenvalue weighted by atomic mass is 31.2. The molecule has 0 aliphatic carbocycles. The van der Waals surface area contributed by atoms with E-state index in [0.29, 0.717) is 32.3 Å². The fourth-order valence-corrected chi connectivity index (χ4v) is 13.1. The summed E-state index contributed by atoms with van der Waals surface area (Å²) in [5, 5.41) is 7.34. The van der Waals surface area contributed by atoms with Gasteiger partial charge in [0.2, 0.25) is 0 Å². The standard InChI is InChI=1S/C43H42NO4P3/c1-3-46-51(45,47-4-2)33-19-32-44-38-28-17-30-40(49(34-20-9-5-10-21-34)35-22-11-6-12-23-35)42(38)48-43-39(44)29-18-31-41(43)50(36-24-13-7-14-25-36)37-26-15-8-16-27-37/h5-18,20-31H,3-4,19,32-33H2,1-2H3. The Bertz CT molecular complexity index is 1860. The minimum atomic E-state index is -3.22. The van der Waals surface area contributed by atoms with E-state index in [2.05, 4.69) is 163 Å². The number of benzene rings is 6. The topological polar surface area (TPSA) is 48.0 Å². The Morgan fingerprint density at radius 2 is 0.902 bits per heavy atom. The first-order valence-electron chi connectivity index (χ1n) is 17.5. The van der Waals surface area contributed by atoms with Crippen molar-refractivity contribution in [2.45, 2.75) is 20.3 Å². The zero-order chi connectivity index (χ0) is 35.0. The lowest BCUT2D eigenvalue weighted by atomic mass is 10.1. The number of rotatable bonds is 14. The van der Waals surface area contributed by atoms with Gasteiger partial charge in [-0.25, -0.2) is 0 Å². The predicted octanol–water partition coefficient (Wildman–Crippen LogP) is 9.10. The summed E-state index contributed by atoms with van der Waals surface area (Å²) >= 11 is 0. The molecule has 0 bridgehead atoms.